The van der Waals surface area contributed by atoms with Crippen LogP contribution in [0, 0.1) is 6.92 Å². The Kier molecular flexibility index (Phi) is 5.52. The summed E-state index contributed by atoms with van der Waals surface area (Å²) in [5.41, 5.74) is 3.57. The second kappa shape index (κ2) is 8.56. The van der Waals surface area contributed by atoms with Crippen LogP contribution in [-0.4, -0.2) is 15.9 Å². The minimum Gasteiger partial charge on any atom is -0.459 e. The molecule has 0 N–H and O–H groups in total. The lowest BCUT2D eigenvalue weighted by Gasteiger charge is -2.01. The lowest BCUT2D eigenvalue weighted by Crippen LogP contribution is -2.06. The molecule has 0 fully saturated rings. The van der Waals surface area contributed by atoms with E-state index in [1.165, 1.54) is 11.8 Å². The molecule has 0 aliphatic carbocycles. The number of hydrogen-bond donors (Lipinski definition) is 0. The van der Waals surface area contributed by atoms with E-state index in [4.69, 9.17) is 13.6 Å². The second-order valence-corrected chi connectivity index (χ2v) is 6.65. The van der Waals surface area contributed by atoms with Crippen molar-refractivity contribution in [2.24, 2.45) is 0 Å². The molecule has 0 amide bonds. The molecule has 0 bridgehead atoms. The van der Waals surface area contributed by atoms with Crippen LogP contribution in [0.2, 0.25) is 0 Å². The highest BCUT2D eigenvalue weighted by Crippen LogP contribution is 2.21. The summed E-state index contributed by atoms with van der Waals surface area (Å²) in [7, 11) is 0. The molecule has 0 aliphatic rings. The average molecular weight is 388 g/mol. The van der Waals surface area contributed by atoms with Crippen molar-refractivity contribution < 1.29 is 18.4 Å². The summed E-state index contributed by atoms with van der Waals surface area (Å²) >= 11 is 0. The Labute approximate surface area is 168 Å². The number of benzene rings is 2. The Balaban J connectivity index is 1.27. The molecule has 0 spiro atoms. The Morgan fingerprint density at radius 3 is 2.62 bits per heavy atom. The Hall–Kier alpha value is -3.67. The average Bonchev–Trinajstić information content (AvgIpc) is 3.42. The summed E-state index contributed by atoms with van der Waals surface area (Å²) in [4.78, 5) is 20.6. The zero-order valence-electron chi connectivity index (χ0n) is 16.0. The number of aryl methyl sites for hydroxylation is 2. The molecule has 0 radical (unpaired) electrons. The zero-order valence-corrected chi connectivity index (χ0v) is 16.0. The smallest absolute Gasteiger partial charge is 0.306 e. The van der Waals surface area contributed by atoms with Gasteiger partial charge in [-0.2, -0.15) is 0 Å². The minimum absolute atomic E-state index is 0.0648. The maximum atomic E-state index is 12.0. The molecule has 0 atom stereocenters. The van der Waals surface area contributed by atoms with Crippen LogP contribution >= 0.6 is 0 Å². The lowest BCUT2D eigenvalue weighted by atomic mass is 10.1. The number of hydrogen-bond acceptors (Lipinski definition) is 6. The van der Waals surface area contributed by atoms with Crippen molar-refractivity contribution in [3.8, 4) is 22.8 Å². The van der Waals surface area contributed by atoms with Gasteiger partial charge in [0.1, 0.15) is 18.6 Å². The molecule has 4 aromatic rings. The monoisotopic (exact) mass is 388 g/mol. The number of aromatic nitrogens is 2. The number of ether oxygens (including phenoxy) is 1. The van der Waals surface area contributed by atoms with E-state index in [9.17, 15) is 4.79 Å². The van der Waals surface area contributed by atoms with Crippen LogP contribution in [0.5, 0.6) is 0 Å². The first-order chi connectivity index (χ1) is 14.2. The molecule has 6 nitrogen and oxygen atoms in total. The molecule has 0 saturated heterocycles. The molecule has 0 aliphatic heterocycles. The van der Waals surface area contributed by atoms with E-state index in [1.54, 1.807) is 6.20 Å². The molecular formula is C23H20N2O4. The lowest BCUT2D eigenvalue weighted by molar-refractivity contribution is -0.145. The van der Waals surface area contributed by atoms with Gasteiger partial charge in [-0.05, 0) is 19.1 Å². The molecule has 4 rings (SSSR count). The van der Waals surface area contributed by atoms with Crippen LogP contribution in [0.15, 0.2) is 75.9 Å². The Morgan fingerprint density at radius 1 is 1.03 bits per heavy atom. The van der Waals surface area contributed by atoms with Crippen LogP contribution in [0.25, 0.3) is 22.8 Å². The second-order valence-electron chi connectivity index (χ2n) is 6.65. The minimum atomic E-state index is -0.343. The van der Waals surface area contributed by atoms with Gasteiger partial charge in [0.05, 0.1) is 12.6 Å². The van der Waals surface area contributed by atoms with E-state index in [2.05, 4.69) is 9.97 Å². The van der Waals surface area contributed by atoms with Gasteiger partial charge in [-0.3, -0.25) is 4.79 Å². The maximum absolute atomic E-state index is 12.0. The SMILES string of the molecule is Cc1ccc(-c2cnc(CCC(=O)OCc3coc(-c4ccccc4)n3)o2)cc1. The van der Waals surface area contributed by atoms with Crippen molar-refractivity contribution in [2.75, 3.05) is 0 Å². The first-order valence-corrected chi connectivity index (χ1v) is 9.34. The van der Waals surface area contributed by atoms with E-state index in [-0.39, 0.29) is 19.0 Å². The third-order valence-corrected chi connectivity index (χ3v) is 4.39. The number of esters is 1. The normalized spacial score (nSPS) is 10.8. The number of carbonyl (C=O) groups excluding carboxylic acids is 1. The highest BCUT2D eigenvalue weighted by atomic mass is 16.5. The number of rotatable bonds is 7. The Bertz CT molecular complexity index is 1080. The van der Waals surface area contributed by atoms with E-state index < -0.39 is 0 Å². The summed E-state index contributed by atoms with van der Waals surface area (Å²) in [5, 5.41) is 0. The van der Waals surface area contributed by atoms with Crippen LogP contribution < -0.4 is 0 Å². The number of oxazole rings is 2. The highest BCUT2D eigenvalue weighted by molar-refractivity contribution is 5.69. The maximum Gasteiger partial charge on any atom is 0.306 e. The molecule has 2 heterocycles. The van der Waals surface area contributed by atoms with Crippen LogP contribution in [0.4, 0.5) is 0 Å². The van der Waals surface area contributed by atoms with Gasteiger partial charge in [-0.1, -0.05) is 48.0 Å². The van der Waals surface area contributed by atoms with E-state index in [0.717, 1.165) is 11.1 Å². The zero-order chi connectivity index (χ0) is 20.1. The van der Waals surface area contributed by atoms with Crippen LogP contribution in [0.3, 0.4) is 0 Å². The van der Waals surface area contributed by atoms with Crippen molar-refractivity contribution >= 4 is 5.97 Å². The van der Waals surface area contributed by atoms with Crippen molar-refractivity contribution in [3.63, 3.8) is 0 Å². The summed E-state index contributed by atoms with van der Waals surface area (Å²) in [5.74, 6) is 1.35. The number of carbonyl (C=O) groups is 1. The van der Waals surface area contributed by atoms with Crippen LogP contribution in [-0.2, 0) is 22.6 Å². The quantitative estimate of drug-likeness (QED) is 0.416. The van der Waals surface area contributed by atoms with E-state index in [1.807, 2.05) is 61.5 Å². The van der Waals surface area contributed by atoms with Gasteiger partial charge in [0.15, 0.2) is 11.7 Å². The van der Waals surface area contributed by atoms with Crippen molar-refractivity contribution in [3.05, 3.63) is 84.2 Å². The van der Waals surface area contributed by atoms with Crippen molar-refractivity contribution in [2.45, 2.75) is 26.4 Å². The van der Waals surface area contributed by atoms with E-state index in [0.29, 0.717) is 29.7 Å². The summed E-state index contributed by atoms with van der Waals surface area (Å²) in [6, 6.07) is 17.5. The summed E-state index contributed by atoms with van der Waals surface area (Å²) < 4.78 is 16.4. The first-order valence-electron chi connectivity index (χ1n) is 9.34. The predicted molar refractivity (Wildman–Crippen MR) is 107 cm³/mol. The highest BCUT2D eigenvalue weighted by Gasteiger charge is 2.12. The van der Waals surface area contributed by atoms with Gasteiger partial charge in [-0.25, -0.2) is 9.97 Å². The van der Waals surface area contributed by atoms with Gasteiger partial charge >= 0.3 is 5.97 Å². The molecule has 0 saturated carbocycles. The molecule has 29 heavy (non-hydrogen) atoms. The van der Waals surface area contributed by atoms with Gasteiger partial charge in [0.25, 0.3) is 0 Å². The van der Waals surface area contributed by atoms with Gasteiger partial charge in [0.2, 0.25) is 5.89 Å². The third-order valence-electron chi connectivity index (χ3n) is 4.39. The van der Waals surface area contributed by atoms with Gasteiger partial charge in [-0.15, -0.1) is 0 Å². The third kappa shape index (κ3) is 4.79. The summed E-state index contributed by atoms with van der Waals surface area (Å²) in [6.07, 6.45) is 3.72. The topological polar surface area (TPSA) is 78.4 Å². The van der Waals surface area contributed by atoms with Gasteiger partial charge in [0, 0.05) is 17.5 Å². The fraction of sp³-hybridized carbons (Fsp3) is 0.174. The molecule has 2 aromatic heterocycles. The summed E-state index contributed by atoms with van der Waals surface area (Å²) in [6.45, 7) is 2.10. The molecule has 0 unspecified atom stereocenters. The van der Waals surface area contributed by atoms with Crippen molar-refractivity contribution in [1.29, 1.82) is 0 Å². The molecular weight excluding hydrogens is 368 g/mol. The first kappa shape index (κ1) is 18.7. The van der Waals surface area contributed by atoms with Crippen molar-refractivity contribution in [1.82, 2.24) is 9.97 Å². The fourth-order valence-corrected chi connectivity index (χ4v) is 2.80. The largest absolute Gasteiger partial charge is 0.459 e. The van der Waals surface area contributed by atoms with E-state index >= 15 is 0 Å². The Morgan fingerprint density at radius 2 is 1.83 bits per heavy atom. The van der Waals surface area contributed by atoms with Crippen LogP contribution in [0.1, 0.15) is 23.6 Å². The molecule has 6 heteroatoms. The molecule has 2 aromatic carbocycles. The number of nitrogens with zero attached hydrogens (tertiary/aromatic N) is 2. The fourth-order valence-electron chi connectivity index (χ4n) is 2.80. The van der Waals surface area contributed by atoms with Gasteiger partial charge < -0.3 is 13.6 Å². The predicted octanol–water partition coefficient (Wildman–Crippen LogP) is 4.98. The molecule has 146 valence electrons. The standard InChI is InChI=1S/C23H20N2O4/c1-16-7-9-17(10-8-16)20-13-24-21(29-20)11-12-22(26)27-14-19-15-28-23(25-19)18-5-3-2-4-6-18/h2-10,13,15H,11-12,14H2,1H3.